The molecule has 0 radical (unpaired) electrons. The minimum Gasteiger partial charge on any atom is -0.335 e. The average Bonchev–Trinajstić information content (AvgIpc) is 2.90. The third-order valence-electron chi connectivity index (χ3n) is 3.81. The molecule has 0 unspecified atom stereocenters. The van der Waals surface area contributed by atoms with Crippen molar-refractivity contribution in [3.8, 4) is 0 Å². The molecule has 3 nitrogen and oxygen atoms in total. The second-order valence-corrected chi connectivity index (χ2v) is 5.34. The van der Waals surface area contributed by atoms with Crippen LogP contribution < -0.4 is 0 Å². The van der Waals surface area contributed by atoms with Crippen LogP contribution in [0.25, 0.3) is 0 Å². The molecule has 0 bridgehead atoms. The van der Waals surface area contributed by atoms with Gasteiger partial charge < -0.3 is 4.90 Å². The van der Waals surface area contributed by atoms with E-state index in [4.69, 9.17) is 0 Å². The highest BCUT2D eigenvalue weighted by Gasteiger charge is 2.42. The smallest absolute Gasteiger partial charge is 0.254 e. The summed E-state index contributed by atoms with van der Waals surface area (Å²) in [6, 6.07) is 5.74. The number of hydrogen-bond donors (Lipinski definition) is 0. The molecule has 1 atom stereocenters. The zero-order valence-electron chi connectivity index (χ0n) is 11.6. The Morgan fingerprint density at radius 1 is 1.14 bits per heavy atom. The van der Waals surface area contributed by atoms with Crippen LogP contribution in [0.4, 0.5) is 13.2 Å². The summed E-state index contributed by atoms with van der Waals surface area (Å²) in [6.07, 6.45) is 2.97. The van der Waals surface area contributed by atoms with Gasteiger partial charge in [-0.1, -0.05) is 0 Å². The van der Waals surface area contributed by atoms with Crippen LogP contribution >= 0.6 is 0 Å². The fraction of sp³-hybridized carbons (Fsp3) is 0.250. The van der Waals surface area contributed by atoms with Gasteiger partial charge in [-0.25, -0.2) is 13.2 Å². The molecule has 1 aromatic heterocycles. The third-order valence-corrected chi connectivity index (χ3v) is 3.81. The number of carbonyl (C=O) groups excluding carboxylic acids is 1. The van der Waals surface area contributed by atoms with Crippen molar-refractivity contribution in [1.82, 2.24) is 9.88 Å². The standard InChI is InChI=1S/C16H13F3N2O/c17-13-7-12(8-14(18)9-13)16(19)3-6-21(10-16)15(22)11-1-4-20-5-2-11/h1-2,4-5,7-9H,3,6,10H2/t16-/m0/s1. The summed E-state index contributed by atoms with van der Waals surface area (Å²) in [6.45, 7) is -0.0349. The minimum atomic E-state index is -1.94. The van der Waals surface area contributed by atoms with Gasteiger partial charge in [-0.3, -0.25) is 9.78 Å². The molecule has 6 heteroatoms. The molecular weight excluding hydrogens is 293 g/mol. The van der Waals surface area contributed by atoms with Gasteiger partial charge in [0.2, 0.25) is 0 Å². The number of hydrogen-bond acceptors (Lipinski definition) is 2. The van der Waals surface area contributed by atoms with Crippen LogP contribution in [0.2, 0.25) is 0 Å². The van der Waals surface area contributed by atoms with Gasteiger partial charge >= 0.3 is 0 Å². The molecule has 22 heavy (non-hydrogen) atoms. The van der Waals surface area contributed by atoms with Gasteiger partial charge in [0.1, 0.15) is 11.6 Å². The number of benzene rings is 1. The van der Waals surface area contributed by atoms with Crippen LogP contribution in [0.5, 0.6) is 0 Å². The molecule has 1 fully saturated rings. The molecule has 2 heterocycles. The van der Waals surface area contributed by atoms with Gasteiger partial charge in [0, 0.05) is 37.0 Å². The third kappa shape index (κ3) is 2.68. The van der Waals surface area contributed by atoms with Crippen molar-refractivity contribution in [1.29, 1.82) is 0 Å². The zero-order valence-corrected chi connectivity index (χ0v) is 11.6. The molecule has 0 aliphatic carbocycles. The summed E-state index contributed by atoms with van der Waals surface area (Å²) in [5.74, 6) is -1.98. The van der Waals surface area contributed by atoms with Crippen molar-refractivity contribution in [3.05, 3.63) is 65.5 Å². The lowest BCUT2D eigenvalue weighted by atomic mass is 9.95. The highest BCUT2D eigenvalue weighted by Crippen LogP contribution is 2.37. The lowest BCUT2D eigenvalue weighted by Crippen LogP contribution is -2.32. The number of carbonyl (C=O) groups is 1. The number of pyridine rings is 1. The van der Waals surface area contributed by atoms with Crippen LogP contribution in [0, 0.1) is 11.6 Å². The normalized spacial score (nSPS) is 21.1. The lowest BCUT2D eigenvalue weighted by Gasteiger charge is -2.21. The van der Waals surface area contributed by atoms with Crippen LogP contribution in [0.1, 0.15) is 22.3 Å². The van der Waals surface area contributed by atoms with Crippen molar-refractivity contribution in [3.63, 3.8) is 0 Å². The molecule has 1 aliphatic heterocycles. The maximum absolute atomic E-state index is 15.0. The van der Waals surface area contributed by atoms with E-state index in [-0.39, 0.29) is 31.0 Å². The van der Waals surface area contributed by atoms with Crippen LogP contribution in [-0.2, 0) is 5.67 Å². The monoisotopic (exact) mass is 306 g/mol. The predicted molar refractivity (Wildman–Crippen MR) is 73.9 cm³/mol. The Labute approximate surface area is 125 Å². The van der Waals surface area contributed by atoms with E-state index in [1.165, 1.54) is 17.3 Å². The number of rotatable bonds is 2. The van der Waals surface area contributed by atoms with Gasteiger partial charge in [-0.2, -0.15) is 0 Å². The molecule has 2 aromatic rings. The topological polar surface area (TPSA) is 33.2 Å². The molecule has 1 aliphatic rings. The predicted octanol–water partition coefficient (Wildman–Crippen LogP) is 3.07. The van der Waals surface area contributed by atoms with Crippen molar-refractivity contribution >= 4 is 5.91 Å². The summed E-state index contributed by atoms with van der Waals surface area (Å²) in [7, 11) is 0. The molecule has 1 saturated heterocycles. The summed E-state index contributed by atoms with van der Waals surface area (Å²) in [4.78, 5) is 17.5. The van der Waals surface area contributed by atoms with E-state index in [2.05, 4.69) is 4.98 Å². The molecule has 0 N–H and O–H groups in total. The van der Waals surface area contributed by atoms with Gasteiger partial charge in [0.25, 0.3) is 5.91 Å². The summed E-state index contributed by atoms with van der Waals surface area (Å²) >= 11 is 0. The summed E-state index contributed by atoms with van der Waals surface area (Å²) in [5.41, 5.74) is -1.61. The maximum atomic E-state index is 15.0. The average molecular weight is 306 g/mol. The van der Waals surface area contributed by atoms with E-state index >= 15 is 0 Å². The van der Waals surface area contributed by atoms with Crippen molar-refractivity contribution in [2.75, 3.05) is 13.1 Å². The first kappa shape index (κ1) is 14.6. The molecule has 1 amide bonds. The maximum Gasteiger partial charge on any atom is 0.254 e. The molecule has 114 valence electrons. The van der Waals surface area contributed by atoms with E-state index in [9.17, 15) is 18.0 Å². The van der Waals surface area contributed by atoms with E-state index < -0.39 is 17.3 Å². The minimum absolute atomic E-state index is 0.00666. The Morgan fingerprint density at radius 3 is 2.41 bits per heavy atom. The van der Waals surface area contributed by atoms with Crippen LogP contribution in [-0.4, -0.2) is 28.9 Å². The molecule has 0 saturated carbocycles. The van der Waals surface area contributed by atoms with E-state index in [1.54, 1.807) is 12.1 Å². The highest BCUT2D eigenvalue weighted by atomic mass is 19.1. The summed E-state index contributed by atoms with van der Waals surface area (Å²) in [5, 5.41) is 0. The molecule has 3 rings (SSSR count). The van der Waals surface area contributed by atoms with Gasteiger partial charge in [-0.15, -0.1) is 0 Å². The fourth-order valence-corrected chi connectivity index (χ4v) is 2.67. The van der Waals surface area contributed by atoms with Crippen molar-refractivity contribution in [2.24, 2.45) is 0 Å². The number of halogens is 3. The zero-order chi connectivity index (χ0) is 15.7. The number of aromatic nitrogens is 1. The summed E-state index contributed by atoms with van der Waals surface area (Å²) < 4.78 is 41.5. The first-order chi connectivity index (χ1) is 10.5. The van der Waals surface area contributed by atoms with E-state index in [0.29, 0.717) is 11.6 Å². The Balaban J connectivity index is 1.83. The second kappa shape index (κ2) is 5.44. The van der Waals surface area contributed by atoms with Gasteiger partial charge in [-0.05, 0) is 29.8 Å². The van der Waals surface area contributed by atoms with Crippen molar-refractivity contribution in [2.45, 2.75) is 12.1 Å². The van der Waals surface area contributed by atoms with E-state index in [0.717, 1.165) is 12.1 Å². The molecular formula is C16H13F3N2O. The van der Waals surface area contributed by atoms with Crippen LogP contribution in [0.3, 0.4) is 0 Å². The SMILES string of the molecule is O=C(c1ccncc1)N1CC[C@@](F)(c2cc(F)cc(F)c2)C1. The second-order valence-electron chi connectivity index (χ2n) is 5.34. The van der Waals surface area contributed by atoms with Crippen molar-refractivity contribution < 1.29 is 18.0 Å². The quantitative estimate of drug-likeness (QED) is 0.854. The van der Waals surface area contributed by atoms with Gasteiger partial charge in [0.15, 0.2) is 5.67 Å². The Kier molecular flexibility index (Phi) is 3.60. The highest BCUT2D eigenvalue weighted by molar-refractivity contribution is 5.94. The number of amides is 1. The number of likely N-dealkylation sites (tertiary alicyclic amines) is 1. The number of nitrogens with zero attached hydrogens (tertiary/aromatic N) is 2. The first-order valence-electron chi connectivity index (χ1n) is 6.83. The Hall–Kier alpha value is -2.37. The fourth-order valence-electron chi connectivity index (χ4n) is 2.67. The molecule has 0 spiro atoms. The van der Waals surface area contributed by atoms with Crippen LogP contribution in [0.15, 0.2) is 42.7 Å². The Morgan fingerprint density at radius 2 is 1.77 bits per heavy atom. The first-order valence-corrected chi connectivity index (χ1v) is 6.83. The molecule has 1 aromatic carbocycles. The van der Waals surface area contributed by atoms with Gasteiger partial charge in [0.05, 0.1) is 6.54 Å². The van der Waals surface area contributed by atoms with E-state index in [1.807, 2.05) is 0 Å². The lowest BCUT2D eigenvalue weighted by molar-refractivity contribution is 0.0750. The largest absolute Gasteiger partial charge is 0.335 e. The Bertz CT molecular complexity index is 688. The number of alkyl halides is 1.